The van der Waals surface area contributed by atoms with E-state index in [0.717, 1.165) is 12.8 Å². The number of hydrogen-bond donors (Lipinski definition) is 0. The Hall–Kier alpha value is -2.48. The van der Waals surface area contributed by atoms with Crippen LogP contribution in [0.5, 0.6) is 0 Å². The SMILES string of the molecule is CC(C)(C)c1ccc2c(c1)-c1cc(C(C)(C)C)c[c]([Ti+2]([C]3=CC=CC3)=[C](c3ccccc3)c3ccccc3)c1C2.[Cl-].[Cl-]. The summed E-state index contributed by atoms with van der Waals surface area (Å²) in [6, 6.07) is 34.8. The standard InChI is InChI=1S/C21H25.C13H10.C5H5.2ClH.Ti/c1-20(2,3)16-9-7-14-11-15-8-10-17(21(4,5)6)13-19(15)18(14)12-16;1-3-7-12(8-4-1)11-13-9-5-2-6-10-13;1-2-4-5-3-1;;;/h7,9-10,12-13H,11H2,1-6H3;1-10H;1-3H,4H2;2*1H;/q;;;;;+2/p-2. The zero-order chi connectivity index (χ0) is 28.1. The predicted molar refractivity (Wildman–Crippen MR) is 170 cm³/mol. The van der Waals surface area contributed by atoms with E-state index in [4.69, 9.17) is 0 Å². The monoisotopic (exact) mass is 626 g/mol. The van der Waals surface area contributed by atoms with Crippen LogP contribution < -0.4 is 28.7 Å². The third-order valence-corrected chi connectivity index (χ3v) is 13.3. The van der Waals surface area contributed by atoms with Crippen LogP contribution in [0, 0.1) is 0 Å². The van der Waals surface area contributed by atoms with Crippen molar-refractivity contribution in [1.29, 1.82) is 0 Å². The molecular formula is C39H40Cl2Ti. The van der Waals surface area contributed by atoms with Crippen molar-refractivity contribution in [3.05, 3.63) is 146 Å². The first-order valence-electron chi connectivity index (χ1n) is 14.6. The van der Waals surface area contributed by atoms with Gasteiger partial charge in [-0.2, -0.15) is 0 Å². The van der Waals surface area contributed by atoms with E-state index >= 15 is 0 Å². The predicted octanol–water partition coefficient (Wildman–Crippen LogP) is 3.22. The Bertz CT molecular complexity index is 1640. The zero-order valence-corrected chi connectivity index (χ0v) is 28.6. The normalized spacial score (nSPS) is 13.2. The second kappa shape index (κ2) is 12.6. The van der Waals surface area contributed by atoms with E-state index < -0.39 is 17.4 Å². The Morgan fingerprint density at radius 2 is 1.21 bits per heavy atom. The first-order valence-corrected chi connectivity index (χ1v) is 17.0. The molecule has 0 atom stereocenters. The third-order valence-electron chi connectivity index (χ3n) is 8.49. The van der Waals surface area contributed by atoms with E-state index in [0.29, 0.717) is 0 Å². The number of benzene rings is 4. The molecule has 42 heavy (non-hydrogen) atoms. The molecule has 3 heteroatoms. The van der Waals surface area contributed by atoms with Crippen LogP contribution in [0.15, 0.2) is 113 Å². The van der Waals surface area contributed by atoms with Gasteiger partial charge in [-0.1, -0.05) is 0 Å². The minimum atomic E-state index is -2.22. The molecule has 214 valence electrons. The average Bonchev–Trinajstić information content (AvgIpc) is 3.59. The molecule has 0 radical (unpaired) electrons. The molecule has 0 unspecified atom stereocenters. The van der Waals surface area contributed by atoms with Crippen molar-refractivity contribution in [3.63, 3.8) is 0 Å². The molecular weight excluding hydrogens is 587 g/mol. The van der Waals surface area contributed by atoms with E-state index in [1.807, 2.05) is 0 Å². The van der Waals surface area contributed by atoms with Gasteiger partial charge in [0.15, 0.2) is 0 Å². The fraction of sp³-hybridized carbons (Fsp3) is 0.256. The van der Waals surface area contributed by atoms with Gasteiger partial charge in [-0.3, -0.25) is 0 Å². The third kappa shape index (κ3) is 6.25. The van der Waals surface area contributed by atoms with Crippen molar-refractivity contribution in [1.82, 2.24) is 0 Å². The Morgan fingerprint density at radius 1 is 0.643 bits per heavy atom. The van der Waals surface area contributed by atoms with E-state index in [1.165, 1.54) is 38.9 Å². The maximum absolute atomic E-state index is 2.62. The number of allylic oxidation sites excluding steroid dienone is 4. The minimum Gasteiger partial charge on any atom is -1.00 e. The average molecular weight is 628 g/mol. The molecule has 0 saturated heterocycles. The van der Waals surface area contributed by atoms with Crippen molar-refractivity contribution >= 4 is 7.68 Å². The molecule has 0 amide bonds. The summed E-state index contributed by atoms with van der Waals surface area (Å²) < 4.78 is 4.84. The molecule has 0 heterocycles. The van der Waals surface area contributed by atoms with Crippen LogP contribution in [-0.2, 0) is 34.7 Å². The van der Waals surface area contributed by atoms with Crippen LogP contribution >= 0.6 is 0 Å². The number of hydrogen-bond acceptors (Lipinski definition) is 0. The maximum Gasteiger partial charge on any atom is -1.00 e. The molecule has 2 aliphatic carbocycles. The van der Waals surface area contributed by atoms with Crippen molar-refractivity contribution in [2.45, 2.75) is 65.2 Å². The number of halogens is 2. The molecule has 0 spiro atoms. The van der Waals surface area contributed by atoms with Gasteiger partial charge in [0, 0.05) is 0 Å². The molecule has 0 N–H and O–H groups in total. The second-order valence-corrected chi connectivity index (χ2v) is 17.2. The first kappa shape index (κ1) is 32.4. The summed E-state index contributed by atoms with van der Waals surface area (Å²) in [5.74, 6) is 0. The van der Waals surface area contributed by atoms with Gasteiger partial charge in [0.1, 0.15) is 0 Å². The van der Waals surface area contributed by atoms with E-state index in [1.54, 1.807) is 17.1 Å². The molecule has 0 bridgehead atoms. The van der Waals surface area contributed by atoms with Crippen molar-refractivity contribution in [2.24, 2.45) is 0 Å². The molecule has 0 aliphatic heterocycles. The molecule has 0 nitrogen and oxygen atoms in total. The van der Waals surface area contributed by atoms with Gasteiger partial charge >= 0.3 is 248 Å². The van der Waals surface area contributed by atoms with Crippen LogP contribution in [-0.4, -0.2) is 3.81 Å². The summed E-state index contributed by atoms with van der Waals surface area (Å²) >= 11 is -2.22. The summed E-state index contributed by atoms with van der Waals surface area (Å²) in [5, 5.41) is 0. The van der Waals surface area contributed by atoms with Crippen molar-refractivity contribution in [3.8, 4) is 11.1 Å². The van der Waals surface area contributed by atoms with Gasteiger partial charge in [-0.05, 0) is 0 Å². The van der Waals surface area contributed by atoms with Crippen LogP contribution in [0.4, 0.5) is 0 Å². The Morgan fingerprint density at radius 3 is 1.74 bits per heavy atom. The number of rotatable bonds is 4. The first-order chi connectivity index (χ1) is 19.1. The largest absolute Gasteiger partial charge is 1.00 e. The maximum atomic E-state index is 2.62. The molecule has 2 aliphatic rings. The van der Waals surface area contributed by atoms with E-state index in [-0.39, 0.29) is 35.6 Å². The Kier molecular flexibility index (Phi) is 9.76. The van der Waals surface area contributed by atoms with Crippen molar-refractivity contribution in [2.75, 3.05) is 0 Å². The summed E-state index contributed by atoms with van der Waals surface area (Å²) in [4.78, 5) is 0. The van der Waals surface area contributed by atoms with Crippen LogP contribution in [0.1, 0.15) is 81.3 Å². The van der Waals surface area contributed by atoms with Gasteiger partial charge in [0.2, 0.25) is 0 Å². The van der Waals surface area contributed by atoms with Crippen LogP contribution in [0.25, 0.3) is 11.1 Å². The minimum absolute atomic E-state index is 0. The summed E-state index contributed by atoms with van der Waals surface area (Å²) in [6.45, 7) is 14.1. The van der Waals surface area contributed by atoms with Gasteiger partial charge in [0.05, 0.1) is 0 Å². The molecule has 0 saturated carbocycles. The summed E-state index contributed by atoms with van der Waals surface area (Å²) in [6.07, 6.45) is 9.18. The molecule has 6 rings (SSSR count). The quantitative estimate of drug-likeness (QED) is 0.269. The fourth-order valence-electron chi connectivity index (χ4n) is 6.16. The second-order valence-electron chi connectivity index (χ2n) is 13.4. The van der Waals surface area contributed by atoms with Crippen LogP contribution in [0.2, 0.25) is 0 Å². The number of fused-ring (bicyclic) bond motifs is 3. The molecule has 0 fully saturated rings. The van der Waals surface area contributed by atoms with Gasteiger partial charge in [0.25, 0.3) is 0 Å². The topological polar surface area (TPSA) is 0 Å². The molecule has 4 aromatic rings. The van der Waals surface area contributed by atoms with Crippen LogP contribution in [0.3, 0.4) is 0 Å². The summed E-state index contributed by atoms with van der Waals surface area (Å²) in [5.41, 5.74) is 11.8. The smallest absolute Gasteiger partial charge is 1.00 e. The Labute approximate surface area is 271 Å². The van der Waals surface area contributed by atoms with Gasteiger partial charge in [-0.15, -0.1) is 0 Å². The summed E-state index contributed by atoms with van der Waals surface area (Å²) in [7, 11) is 0. The fourth-order valence-corrected chi connectivity index (χ4v) is 11.2. The van der Waals surface area contributed by atoms with Gasteiger partial charge in [-0.25, -0.2) is 0 Å². The molecule has 0 aromatic heterocycles. The Balaban J connectivity index is 0.00000202. The van der Waals surface area contributed by atoms with Crippen molar-refractivity contribution < 1.29 is 42.2 Å². The van der Waals surface area contributed by atoms with Gasteiger partial charge < -0.3 is 24.8 Å². The van der Waals surface area contributed by atoms with E-state index in [2.05, 4.69) is 151 Å². The molecule has 4 aromatic carbocycles. The van der Waals surface area contributed by atoms with E-state index in [9.17, 15) is 0 Å². The zero-order valence-electron chi connectivity index (χ0n) is 25.6.